The average Bonchev–Trinajstić information content (AvgIpc) is 3.51. The van der Waals surface area contributed by atoms with Crippen molar-refractivity contribution in [1.29, 1.82) is 0 Å². The van der Waals surface area contributed by atoms with Crippen LogP contribution in [0.5, 0.6) is 11.5 Å². The molecule has 0 radical (unpaired) electrons. The Balaban J connectivity index is 1.36. The summed E-state index contributed by atoms with van der Waals surface area (Å²) in [6, 6.07) is 18.1. The van der Waals surface area contributed by atoms with E-state index in [9.17, 15) is 21.6 Å². The molecule has 1 saturated heterocycles. The van der Waals surface area contributed by atoms with E-state index >= 15 is 0 Å². The minimum atomic E-state index is -4.09. The second-order valence-corrected chi connectivity index (χ2v) is 13.2. The normalized spacial score (nSPS) is 14.1. The monoisotopic (exact) mass is 607 g/mol. The molecule has 0 aromatic heterocycles. The van der Waals surface area contributed by atoms with Gasteiger partial charge in [-0.15, -0.1) is 0 Å². The summed E-state index contributed by atoms with van der Waals surface area (Å²) < 4.78 is 65.4. The van der Waals surface area contributed by atoms with E-state index in [1.165, 1.54) is 59.9 Å². The molecule has 1 N–H and O–H groups in total. The Morgan fingerprint density at radius 1 is 0.875 bits per heavy atom. The summed E-state index contributed by atoms with van der Waals surface area (Å²) in [5.74, 6) is 0.403. The van der Waals surface area contributed by atoms with Gasteiger partial charge in [-0.25, -0.2) is 16.8 Å². The standard InChI is InChI=1S/C27H30ClN3O7S2/c1-37-23-8-12-26(13-9-23)40(35,36)31(22-6-4-21(28)5-7-22)20-27(32)29-16-19-38-24-10-14-25(15-11-24)39(33,34)30-17-2-3-18-30/h4-15H,2-3,16-20H2,1H3,(H,29,32). The molecule has 40 heavy (non-hydrogen) atoms. The van der Waals surface area contributed by atoms with Crippen molar-refractivity contribution in [3.8, 4) is 11.5 Å². The van der Waals surface area contributed by atoms with Crippen LogP contribution in [0.25, 0.3) is 0 Å². The fourth-order valence-corrected chi connectivity index (χ4v) is 7.19. The summed E-state index contributed by atoms with van der Waals surface area (Å²) in [5, 5.41) is 3.09. The highest BCUT2D eigenvalue weighted by Crippen LogP contribution is 2.26. The number of sulfonamides is 2. The Kier molecular flexibility index (Phi) is 9.56. The van der Waals surface area contributed by atoms with Crippen LogP contribution in [0.15, 0.2) is 82.6 Å². The summed E-state index contributed by atoms with van der Waals surface area (Å²) >= 11 is 5.98. The summed E-state index contributed by atoms with van der Waals surface area (Å²) in [7, 11) is -6.13. The van der Waals surface area contributed by atoms with Gasteiger partial charge in [0.25, 0.3) is 10.0 Å². The molecule has 1 fully saturated rings. The topological polar surface area (TPSA) is 122 Å². The number of carbonyl (C=O) groups excluding carboxylic acids is 1. The number of hydrogen-bond donors (Lipinski definition) is 1. The van der Waals surface area contributed by atoms with Crippen molar-refractivity contribution in [2.24, 2.45) is 0 Å². The molecular weight excluding hydrogens is 578 g/mol. The van der Waals surface area contributed by atoms with Gasteiger partial charge in [-0.2, -0.15) is 4.31 Å². The molecule has 1 aliphatic rings. The van der Waals surface area contributed by atoms with E-state index in [1.54, 1.807) is 24.3 Å². The van der Waals surface area contributed by atoms with E-state index in [1.807, 2.05) is 0 Å². The molecule has 13 heteroatoms. The first kappa shape index (κ1) is 29.7. The first-order valence-electron chi connectivity index (χ1n) is 12.5. The van der Waals surface area contributed by atoms with Crippen molar-refractivity contribution in [2.75, 3.05) is 44.2 Å². The van der Waals surface area contributed by atoms with E-state index < -0.39 is 32.5 Å². The van der Waals surface area contributed by atoms with Gasteiger partial charge in [-0.1, -0.05) is 11.6 Å². The Labute approximate surface area is 239 Å². The Hall–Kier alpha value is -3.32. The fourth-order valence-electron chi connectivity index (χ4n) is 4.13. The van der Waals surface area contributed by atoms with E-state index in [0.717, 1.165) is 17.1 Å². The van der Waals surface area contributed by atoms with Gasteiger partial charge in [0.15, 0.2) is 0 Å². The third-order valence-electron chi connectivity index (χ3n) is 6.27. The molecule has 1 heterocycles. The number of nitrogens with zero attached hydrogens (tertiary/aromatic N) is 2. The van der Waals surface area contributed by atoms with Gasteiger partial charge in [0.05, 0.1) is 29.1 Å². The number of nitrogens with one attached hydrogen (secondary N) is 1. The van der Waals surface area contributed by atoms with Crippen molar-refractivity contribution in [1.82, 2.24) is 9.62 Å². The van der Waals surface area contributed by atoms with Crippen LogP contribution >= 0.6 is 11.6 Å². The molecule has 1 amide bonds. The quantitative estimate of drug-likeness (QED) is 0.313. The maximum atomic E-state index is 13.5. The molecule has 4 rings (SSSR count). The molecule has 0 aliphatic carbocycles. The fraction of sp³-hybridized carbons (Fsp3) is 0.296. The number of benzene rings is 3. The lowest BCUT2D eigenvalue weighted by atomic mass is 10.3. The van der Waals surface area contributed by atoms with Crippen LogP contribution < -0.4 is 19.1 Å². The molecule has 10 nitrogen and oxygen atoms in total. The third-order valence-corrected chi connectivity index (χ3v) is 10.2. The minimum absolute atomic E-state index is 0.00502. The first-order chi connectivity index (χ1) is 19.1. The minimum Gasteiger partial charge on any atom is -0.497 e. The average molecular weight is 608 g/mol. The van der Waals surface area contributed by atoms with Gasteiger partial charge in [0.2, 0.25) is 15.9 Å². The Bertz CT molecular complexity index is 1510. The van der Waals surface area contributed by atoms with Crippen LogP contribution in [0, 0.1) is 0 Å². The van der Waals surface area contributed by atoms with Crippen molar-refractivity contribution < 1.29 is 31.1 Å². The first-order valence-corrected chi connectivity index (χ1v) is 15.8. The maximum absolute atomic E-state index is 13.5. The predicted octanol–water partition coefficient (Wildman–Crippen LogP) is 3.52. The van der Waals surface area contributed by atoms with Crippen LogP contribution in [0.4, 0.5) is 5.69 Å². The summed E-state index contributed by atoms with van der Waals surface area (Å²) in [5.41, 5.74) is 0.274. The summed E-state index contributed by atoms with van der Waals surface area (Å²) in [4.78, 5) is 13.0. The highest BCUT2D eigenvalue weighted by molar-refractivity contribution is 7.92. The zero-order valence-corrected chi connectivity index (χ0v) is 24.2. The highest BCUT2D eigenvalue weighted by atomic mass is 35.5. The van der Waals surface area contributed by atoms with Gasteiger partial charge < -0.3 is 14.8 Å². The number of hydrogen-bond acceptors (Lipinski definition) is 7. The predicted molar refractivity (Wildman–Crippen MR) is 152 cm³/mol. The van der Waals surface area contributed by atoms with Gasteiger partial charge in [0, 0.05) is 18.1 Å². The smallest absolute Gasteiger partial charge is 0.264 e. The van der Waals surface area contributed by atoms with Crippen LogP contribution in [0.2, 0.25) is 5.02 Å². The van der Waals surface area contributed by atoms with E-state index in [4.69, 9.17) is 21.1 Å². The molecule has 0 unspecified atom stereocenters. The second-order valence-electron chi connectivity index (χ2n) is 8.94. The highest BCUT2D eigenvalue weighted by Gasteiger charge is 2.28. The van der Waals surface area contributed by atoms with Gasteiger partial charge in [-0.05, 0) is 85.6 Å². The SMILES string of the molecule is COc1ccc(S(=O)(=O)N(CC(=O)NCCOc2ccc(S(=O)(=O)N3CCCC3)cc2)c2ccc(Cl)cc2)cc1. The summed E-state index contributed by atoms with van der Waals surface area (Å²) in [6.45, 7) is 0.771. The number of amides is 1. The van der Waals surface area contributed by atoms with E-state index in [0.29, 0.717) is 29.6 Å². The molecule has 214 valence electrons. The van der Waals surface area contributed by atoms with Crippen LogP contribution in [-0.2, 0) is 24.8 Å². The van der Waals surface area contributed by atoms with Crippen molar-refractivity contribution in [3.05, 3.63) is 77.8 Å². The largest absolute Gasteiger partial charge is 0.497 e. The maximum Gasteiger partial charge on any atom is 0.264 e. The molecule has 3 aromatic rings. The molecule has 0 spiro atoms. The number of ether oxygens (including phenoxy) is 2. The lowest BCUT2D eigenvalue weighted by Gasteiger charge is -2.24. The number of anilines is 1. The zero-order chi connectivity index (χ0) is 28.8. The Morgan fingerprint density at radius 2 is 1.45 bits per heavy atom. The van der Waals surface area contributed by atoms with Crippen molar-refractivity contribution in [2.45, 2.75) is 22.6 Å². The lowest BCUT2D eigenvalue weighted by Crippen LogP contribution is -2.41. The molecule has 0 saturated carbocycles. The number of halogens is 1. The lowest BCUT2D eigenvalue weighted by molar-refractivity contribution is -0.119. The second kappa shape index (κ2) is 12.9. The van der Waals surface area contributed by atoms with Crippen LogP contribution in [0.1, 0.15) is 12.8 Å². The van der Waals surface area contributed by atoms with Gasteiger partial charge in [-0.3, -0.25) is 9.10 Å². The third kappa shape index (κ3) is 7.05. The molecule has 1 aliphatic heterocycles. The van der Waals surface area contributed by atoms with Crippen molar-refractivity contribution >= 4 is 43.2 Å². The van der Waals surface area contributed by atoms with Gasteiger partial charge >= 0.3 is 0 Å². The van der Waals surface area contributed by atoms with E-state index in [-0.39, 0.29) is 28.6 Å². The number of carbonyl (C=O) groups is 1. The van der Waals surface area contributed by atoms with Gasteiger partial charge in [0.1, 0.15) is 24.7 Å². The zero-order valence-electron chi connectivity index (χ0n) is 21.8. The van der Waals surface area contributed by atoms with E-state index in [2.05, 4.69) is 5.32 Å². The van der Waals surface area contributed by atoms with Crippen LogP contribution in [-0.4, -0.2) is 66.9 Å². The Morgan fingerprint density at radius 3 is 2.05 bits per heavy atom. The van der Waals surface area contributed by atoms with Crippen molar-refractivity contribution in [3.63, 3.8) is 0 Å². The summed E-state index contributed by atoms with van der Waals surface area (Å²) in [6.07, 6.45) is 1.72. The number of methoxy groups -OCH3 is 1. The molecular formula is C27H30ClN3O7S2. The molecule has 3 aromatic carbocycles. The number of rotatable bonds is 12. The molecule has 0 bridgehead atoms. The molecule has 0 atom stereocenters. The van der Waals surface area contributed by atoms with Crippen LogP contribution in [0.3, 0.4) is 0 Å².